The van der Waals surface area contributed by atoms with E-state index in [1.54, 1.807) is 0 Å². The van der Waals surface area contributed by atoms with Gasteiger partial charge in [-0.25, -0.2) is 0 Å². The zero-order valence-electron chi connectivity index (χ0n) is 6.60. The lowest BCUT2D eigenvalue weighted by Crippen LogP contribution is -2.42. The molecule has 0 spiro atoms. The fourth-order valence-corrected chi connectivity index (χ4v) is 1.01. The maximum absolute atomic E-state index is 12.0. The van der Waals surface area contributed by atoms with Crippen LogP contribution in [-0.2, 0) is 4.74 Å². The highest BCUT2D eigenvalue weighted by atomic mass is 19.4. The smallest absolute Gasteiger partial charge is 0.364 e. The molecular weight excluding hydrogens is 171 g/mol. The molecule has 5 heteroatoms. The average molecular weight is 183 g/mol. The minimum Gasteiger partial charge on any atom is -0.364 e. The molecule has 72 valence electrons. The lowest BCUT2D eigenvalue weighted by atomic mass is 9.96. The third-order valence-electron chi connectivity index (χ3n) is 1.99. The lowest BCUT2D eigenvalue weighted by Gasteiger charge is -2.30. The molecule has 0 bridgehead atoms. The van der Waals surface area contributed by atoms with Gasteiger partial charge >= 0.3 is 6.18 Å². The van der Waals surface area contributed by atoms with Crippen LogP contribution in [0.15, 0.2) is 0 Å². The molecule has 0 aromatic heterocycles. The molecule has 0 radical (unpaired) electrons. The van der Waals surface area contributed by atoms with Crippen LogP contribution in [0.2, 0.25) is 0 Å². The first-order valence-electron chi connectivity index (χ1n) is 3.96. The summed E-state index contributed by atoms with van der Waals surface area (Å²) in [6, 6.07) is 0. The quantitative estimate of drug-likeness (QED) is 0.718. The van der Waals surface area contributed by atoms with Gasteiger partial charge in [0.15, 0.2) is 6.10 Å². The second-order valence-electron chi connectivity index (χ2n) is 2.95. The van der Waals surface area contributed by atoms with Crippen LogP contribution in [0.1, 0.15) is 19.3 Å². The van der Waals surface area contributed by atoms with E-state index < -0.39 is 18.8 Å². The van der Waals surface area contributed by atoms with Crippen molar-refractivity contribution in [2.24, 2.45) is 5.73 Å². The molecule has 0 aliphatic heterocycles. The minimum atomic E-state index is -4.32. The summed E-state index contributed by atoms with van der Waals surface area (Å²) in [6.45, 7) is -0.486. The van der Waals surface area contributed by atoms with E-state index in [1.165, 1.54) is 0 Å². The first kappa shape index (κ1) is 9.80. The van der Waals surface area contributed by atoms with Gasteiger partial charge in [-0.15, -0.1) is 0 Å². The van der Waals surface area contributed by atoms with Crippen molar-refractivity contribution in [2.75, 3.05) is 6.54 Å². The van der Waals surface area contributed by atoms with E-state index in [1.807, 2.05) is 0 Å². The second-order valence-corrected chi connectivity index (χ2v) is 2.95. The summed E-state index contributed by atoms with van der Waals surface area (Å²) in [6.07, 6.45) is -3.90. The fraction of sp³-hybridized carbons (Fsp3) is 1.00. The number of hydrogen-bond acceptors (Lipinski definition) is 2. The monoisotopic (exact) mass is 183 g/mol. The summed E-state index contributed by atoms with van der Waals surface area (Å²) in [5.41, 5.74) is 4.94. The number of alkyl halides is 3. The Bertz CT molecular complexity index is 144. The summed E-state index contributed by atoms with van der Waals surface area (Å²) < 4.78 is 40.9. The number of halogens is 3. The molecule has 1 rings (SSSR count). The number of hydrogen-bond donors (Lipinski definition) is 1. The van der Waals surface area contributed by atoms with Crippen LogP contribution in [-0.4, -0.2) is 24.9 Å². The highest BCUT2D eigenvalue weighted by Crippen LogP contribution is 2.29. The Morgan fingerprint density at radius 3 is 2.25 bits per heavy atom. The molecule has 0 aromatic carbocycles. The number of ether oxygens (including phenoxy) is 1. The van der Waals surface area contributed by atoms with E-state index in [0.717, 1.165) is 19.3 Å². The minimum absolute atomic E-state index is 0.222. The molecule has 0 saturated heterocycles. The van der Waals surface area contributed by atoms with Gasteiger partial charge in [-0.2, -0.15) is 13.2 Å². The second kappa shape index (κ2) is 3.62. The number of nitrogens with two attached hydrogens (primary N) is 1. The van der Waals surface area contributed by atoms with Crippen LogP contribution in [0.5, 0.6) is 0 Å². The average Bonchev–Trinajstić information content (AvgIpc) is 1.82. The van der Waals surface area contributed by atoms with Gasteiger partial charge in [0.25, 0.3) is 0 Å². The molecule has 2 nitrogen and oxygen atoms in total. The van der Waals surface area contributed by atoms with Crippen LogP contribution in [0, 0.1) is 0 Å². The van der Waals surface area contributed by atoms with Gasteiger partial charge in [0.2, 0.25) is 0 Å². The first-order valence-corrected chi connectivity index (χ1v) is 3.96. The summed E-state index contributed by atoms with van der Waals surface area (Å²) in [5, 5.41) is 0. The largest absolute Gasteiger partial charge is 0.415 e. The molecule has 1 fully saturated rings. The number of rotatable bonds is 3. The molecule has 0 heterocycles. The van der Waals surface area contributed by atoms with Crippen molar-refractivity contribution in [3.63, 3.8) is 0 Å². The Morgan fingerprint density at radius 2 is 2.00 bits per heavy atom. The molecule has 1 unspecified atom stereocenters. The third kappa shape index (κ3) is 2.35. The van der Waals surface area contributed by atoms with Crippen molar-refractivity contribution in [1.82, 2.24) is 0 Å². The summed E-state index contributed by atoms with van der Waals surface area (Å²) >= 11 is 0. The maximum Gasteiger partial charge on any atom is 0.415 e. The van der Waals surface area contributed by atoms with E-state index in [-0.39, 0.29) is 6.10 Å². The van der Waals surface area contributed by atoms with Gasteiger partial charge in [0.1, 0.15) is 0 Å². The Hall–Kier alpha value is -0.290. The molecular formula is C7H12F3NO. The van der Waals surface area contributed by atoms with Crippen LogP contribution in [0.25, 0.3) is 0 Å². The van der Waals surface area contributed by atoms with Crippen molar-refractivity contribution in [2.45, 2.75) is 37.6 Å². The Morgan fingerprint density at radius 1 is 1.42 bits per heavy atom. The molecule has 2 N–H and O–H groups in total. The standard InChI is InChI=1S/C7H12F3NO/c8-7(9,10)6(4-11)12-5-2-1-3-5/h5-6H,1-4,11H2. The van der Waals surface area contributed by atoms with Crippen LogP contribution in [0.3, 0.4) is 0 Å². The Labute approximate surface area is 68.9 Å². The SMILES string of the molecule is NCC(OC1CCC1)C(F)(F)F. The molecule has 0 amide bonds. The van der Waals surface area contributed by atoms with Crippen molar-refractivity contribution in [1.29, 1.82) is 0 Å². The van der Waals surface area contributed by atoms with Crippen molar-refractivity contribution in [3.8, 4) is 0 Å². The molecule has 1 aliphatic carbocycles. The summed E-state index contributed by atoms with van der Waals surface area (Å²) in [7, 11) is 0. The van der Waals surface area contributed by atoms with Crippen LogP contribution < -0.4 is 5.73 Å². The predicted octanol–water partition coefficient (Wildman–Crippen LogP) is 1.45. The molecule has 12 heavy (non-hydrogen) atoms. The molecule has 0 aromatic rings. The summed E-state index contributed by atoms with van der Waals surface area (Å²) in [4.78, 5) is 0. The highest BCUT2D eigenvalue weighted by molar-refractivity contribution is 4.75. The van der Waals surface area contributed by atoms with Crippen LogP contribution in [0.4, 0.5) is 13.2 Å². The molecule has 1 saturated carbocycles. The van der Waals surface area contributed by atoms with E-state index in [2.05, 4.69) is 0 Å². The normalized spacial score (nSPS) is 22.0. The van der Waals surface area contributed by atoms with E-state index >= 15 is 0 Å². The fourth-order valence-electron chi connectivity index (χ4n) is 1.01. The van der Waals surface area contributed by atoms with Gasteiger partial charge in [0.05, 0.1) is 6.10 Å². The van der Waals surface area contributed by atoms with Gasteiger partial charge < -0.3 is 10.5 Å². The van der Waals surface area contributed by atoms with Gasteiger partial charge in [-0.05, 0) is 19.3 Å². The van der Waals surface area contributed by atoms with Crippen LogP contribution >= 0.6 is 0 Å². The first-order chi connectivity index (χ1) is 5.54. The van der Waals surface area contributed by atoms with Gasteiger partial charge in [0, 0.05) is 6.54 Å². The van der Waals surface area contributed by atoms with Crippen molar-refractivity contribution in [3.05, 3.63) is 0 Å². The third-order valence-corrected chi connectivity index (χ3v) is 1.99. The maximum atomic E-state index is 12.0. The van der Waals surface area contributed by atoms with E-state index in [9.17, 15) is 13.2 Å². The zero-order chi connectivity index (χ0) is 9.19. The summed E-state index contributed by atoms with van der Waals surface area (Å²) in [5.74, 6) is 0. The molecule has 1 aliphatic rings. The topological polar surface area (TPSA) is 35.2 Å². The zero-order valence-corrected chi connectivity index (χ0v) is 6.60. The lowest BCUT2D eigenvalue weighted by molar-refractivity contribution is -0.236. The predicted molar refractivity (Wildman–Crippen MR) is 37.6 cm³/mol. The van der Waals surface area contributed by atoms with Gasteiger partial charge in [-0.1, -0.05) is 0 Å². The van der Waals surface area contributed by atoms with Crippen molar-refractivity contribution < 1.29 is 17.9 Å². The Balaban J connectivity index is 2.34. The Kier molecular flexibility index (Phi) is 2.95. The van der Waals surface area contributed by atoms with E-state index in [0.29, 0.717) is 0 Å². The van der Waals surface area contributed by atoms with Gasteiger partial charge in [-0.3, -0.25) is 0 Å². The van der Waals surface area contributed by atoms with Crippen molar-refractivity contribution >= 4 is 0 Å². The highest BCUT2D eigenvalue weighted by Gasteiger charge is 2.41. The van der Waals surface area contributed by atoms with E-state index in [4.69, 9.17) is 10.5 Å². The molecule has 1 atom stereocenters.